The van der Waals surface area contributed by atoms with Crippen LogP contribution in [0.15, 0.2) is 18.2 Å². The number of hydrogen-bond donors (Lipinski definition) is 0. The van der Waals surface area contributed by atoms with Gasteiger partial charge in [0.05, 0.1) is 5.69 Å². The molecule has 1 atom stereocenters. The molecule has 2 rings (SSSR count). The van der Waals surface area contributed by atoms with Gasteiger partial charge in [0.2, 0.25) is 0 Å². The first-order chi connectivity index (χ1) is 5.75. The van der Waals surface area contributed by atoms with Crippen LogP contribution in [0.25, 0.3) is 6.08 Å². The molecule has 0 saturated carbocycles. The molecule has 1 aliphatic carbocycles. The molecule has 1 heterocycles. The predicted molar refractivity (Wildman–Crippen MR) is 50.9 cm³/mol. The summed E-state index contributed by atoms with van der Waals surface area (Å²) in [6.45, 7) is 4.27. The van der Waals surface area contributed by atoms with Gasteiger partial charge >= 0.3 is 0 Å². The molecule has 0 N–H and O–H groups in total. The molecule has 0 saturated heterocycles. The molecule has 0 aliphatic heterocycles. The van der Waals surface area contributed by atoms with E-state index >= 15 is 0 Å². The lowest BCUT2D eigenvalue weighted by molar-refractivity contribution is 0.712. The average Bonchev–Trinajstić information content (AvgIpc) is 2.05. The third-order valence-electron chi connectivity index (χ3n) is 2.28. The summed E-state index contributed by atoms with van der Waals surface area (Å²) in [5.74, 6) is 0.669. The number of hydrogen-bond acceptors (Lipinski definition) is 1. The number of allylic oxidation sites excluding steroid dienone is 1. The fraction of sp³-hybridized carbons (Fsp3) is 0.364. The summed E-state index contributed by atoms with van der Waals surface area (Å²) in [6, 6.07) is 4.28. The molecule has 1 aromatic rings. The van der Waals surface area contributed by atoms with Gasteiger partial charge < -0.3 is 0 Å². The molecule has 0 spiro atoms. The maximum Gasteiger partial charge on any atom is 0.0661 e. The molecule has 0 radical (unpaired) electrons. The minimum Gasteiger partial charge on any atom is -0.253 e. The zero-order valence-electron chi connectivity index (χ0n) is 7.54. The van der Waals surface area contributed by atoms with Crippen LogP contribution < -0.4 is 0 Å². The Morgan fingerprint density at radius 2 is 2.25 bits per heavy atom. The van der Waals surface area contributed by atoms with Gasteiger partial charge in [-0.3, -0.25) is 4.98 Å². The van der Waals surface area contributed by atoms with E-state index in [4.69, 9.17) is 0 Å². The van der Waals surface area contributed by atoms with Crippen molar-refractivity contribution in [3.8, 4) is 0 Å². The van der Waals surface area contributed by atoms with Crippen molar-refractivity contribution in [1.29, 1.82) is 0 Å². The zero-order chi connectivity index (χ0) is 8.55. The first kappa shape index (κ1) is 7.53. The molecule has 1 nitrogen and oxygen atoms in total. The standard InChI is InChI=1S/C11H13N/c1-8-3-6-11-10(7-8)5-4-9(2)12-11/h3-6,8H,7H2,1-2H3/t8-/m0/s1. The van der Waals surface area contributed by atoms with E-state index in [9.17, 15) is 0 Å². The van der Waals surface area contributed by atoms with Crippen LogP contribution in [-0.4, -0.2) is 4.98 Å². The SMILES string of the molecule is Cc1ccc2c(n1)C=C[C@H](C)C2. The zero-order valence-corrected chi connectivity index (χ0v) is 7.54. The van der Waals surface area contributed by atoms with E-state index in [1.165, 1.54) is 5.56 Å². The molecule has 0 bridgehead atoms. The van der Waals surface area contributed by atoms with Crippen LogP contribution in [0.4, 0.5) is 0 Å². The first-order valence-corrected chi connectivity index (χ1v) is 4.40. The minimum absolute atomic E-state index is 0.669. The van der Waals surface area contributed by atoms with Gasteiger partial charge in [0.1, 0.15) is 0 Å². The van der Waals surface area contributed by atoms with Crippen molar-refractivity contribution >= 4 is 6.08 Å². The number of pyridine rings is 1. The number of nitrogens with zero attached hydrogens (tertiary/aromatic N) is 1. The topological polar surface area (TPSA) is 12.9 Å². The van der Waals surface area contributed by atoms with E-state index in [-0.39, 0.29) is 0 Å². The largest absolute Gasteiger partial charge is 0.253 e. The second kappa shape index (κ2) is 2.74. The van der Waals surface area contributed by atoms with E-state index in [2.05, 4.69) is 36.2 Å². The maximum atomic E-state index is 4.46. The summed E-state index contributed by atoms with van der Waals surface area (Å²) in [6.07, 6.45) is 5.50. The van der Waals surface area contributed by atoms with Crippen LogP contribution in [-0.2, 0) is 6.42 Å². The smallest absolute Gasteiger partial charge is 0.0661 e. The molecule has 1 heteroatoms. The van der Waals surface area contributed by atoms with Crippen molar-refractivity contribution in [1.82, 2.24) is 4.98 Å². The minimum atomic E-state index is 0.669. The molecular weight excluding hydrogens is 146 g/mol. The normalized spacial score (nSPS) is 20.7. The summed E-state index contributed by atoms with van der Waals surface area (Å²) in [4.78, 5) is 4.46. The van der Waals surface area contributed by atoms with Gasteiger partial charge in [0, 0.05) is 5.69 Å². The summed E-state index contributed by atoms with van der Waals surface area (Å²) in [7, 11) is 0. The molecule has 0 fully saturated rings. The second-order valence-electron chi connectivity index (χ2n) is 3.54. The molecule has 0 aromatic carbocycles. The lowest BCUT2D eigenvalue weighted by atomic mass is 9.94. The van der Waals surface area contributed by atoms with Gasteiger partial charge in [-0.1, -0.05) is 19.1 Å². The second-order valence-corrected chi connectivity index (χ2v) is 3.54. The van der Waals surface area contributed by atoms with Crippen LogP contribution in [0.1, 0.15) is 23.9 Å². The summed E-state index contributed by atoms with van der Waals surface area (Å²) in [5, 5.41) is 0. The third kappa shape index (κ3) is 1.27. The number of aryl methyl sites for hydroxylation is 1. The Hall–Kier alpha value is -1.11. The van der Waals surface area contributed by atoms with E-state index in [1.807, 2.05) is 6.92 Å². The van der Waals surface area contributed by atoms with Gasteiger partial charge in [-0.25, -0.2) is 0 Å². The van der Waals surface area contributed by atoms with Gasteiger partial charge in [0.25, 0.3) is 0 Å². The Bertz CT molecular complexity index is 326. The molecular formula is C11H13N. The quantitative estimate of drug-likeness (QED) is 0.567. The Balaban J connectivity index is 2.47. The Morgan fingerprint density at radius 3 is 3.08 bits per heavy atom. The molecule has 1 aliphatic rings. The van der Waals surface area contributed by atoms with Gasteiger partial charge in [-0.15, -0.1) is 0 Å². The van der Waals surface area contributed by atoms with Crippen molar-refractivity contribution in [2.45, 2.75) is 20.3 Å². The summed E-state index contributed by atoms with van der Waals surface area (Å²) < 4.78 is 0. The highest BCUT2D eigenvalue weighted by Gasteiger charge is 2.09. The van der Waals surface area contributed by atoms with Crippen molar-refractivity contribution in [3.05, 3.63) is 35.2 Å². The molecule has 0 unspecified atom stereocenters. The van der Waals surface area contributed by atoms with Gasteiger partial charge in [0.15, 0.2) is 0 Å². The monoisotopic (exact) mass is 159 g/mol. The maximum absolute atomic E-state index is 4.46. The van der Waals surface area contributed by atoms with Crippen LogP contribution in [0, 0.1) is 12.8 Å². The first-order valence-electron chi connectivity index (χ1n) is 4.40. The number of rotatable bonds is 0. The number of aromatic nitrogens is 1. The van der Waals surface area contributed by atoms with Crippen LogP contribution >= 0.6 is 0 Å². The van der Waals surface area contributed by atoms with E-state index < -0.39 is 0 Å². The fourth-order valence-corrected chi connectivity index (χ4v) is 1.59. The van der Waals surface area contributed by atoms with Gasteiger partial charge in [-0.05, 0) is 37.0 Å². The molecule has 62 valence electrons. The van der Waals surface area contributed by atoms with Crippen LogP contribution in [0.5, 0.6) is 0 Å². The summed E-state index contributed by atoms with van der Waals surface area (Å²) in [5.41, 5.74) is 3.65. The van der Waals surface area contributed by atoms with E-state index in [1.54, 1.807) is 0 Å². The average molecular weight is 159 g/mol. The van der Waals surface area contributed by atoms with Crippen molar-refractivity contribution in [3.63, 3.8) is 0 Å². The van der Waals surface area contributed by atoms with E-state index in [0.717, 1.165) is 17.8 Å². The van der Waals surface area contributed by atoms with Crippen molar-refractivity contribution < 1.29 is 0 Å². The highest BCUT2D eigenvalue weighted by molar-refractivity contribution is 5.52. The lowest BCUT2D eigenvalue weighted by Crippen LogP contribution is -2.05. The van der Waals surface area contributed by atoms with Crippen molar-refractivity contribution in [2.75, 3.05) is 0 Å². The molecule has 12 heavy (non-hydrogen) atoms. The van der Waals surface area contributed by atoms with Crippen molar-refractivity contribution in [2.24, 2.45) is 5.92 Å². The Kier molecular flexibility index (Phi) is 1.72. The van der Waals surface area contributed by atoms with Crippen LogP contribution in [0.2, 0.25) is 0 Å². The Morgan fingerprint density at radius 1 is 1.42 bits per heavy atom. The number of fused-ring (bicyclic) bond motifs is 1. The third-order valence-corrected chi connectivity index (χ3v) is 2.28. The van der Waals surface area contributed by atoms with Crippen LogP contribution in [0.3, 0.4) is 0 Å². The summed E-state index contributed by atoms with van der Waals surface area (Å²) >= 11 is 0. The van der Waals surface area contributed by atoms with E-state index in [0.29, 0.717) is 5.92 Å². The fourth-order valence-electron chi connectivity index (χ4n) is 1.59. The van der Waals surface area contributed by atoms with Gasteiger partial charge in [-0.2, -0.15) is 0 Å². The highest BCUT2D eigenvalue weighted by atomic mass is 14.7. The highest BCUT2D eigenvalue weighted by Crippen LogP contribution is 2.20. The Labute approximate surface area is 73.1 Å². The molecule has 1 aromatic heterocycles. The lowest BCUT2D eigenvalue weighted by Gasteiger charge is -2.14. The molecule has 0 amide bonds. The predicted octanol–water partition coefficient (Wildman–Crippen LogP) is 2.60.